The number of nitrogens with zero attached hydrogens (tertiary/aromatic N) is 1. The molecule has 1 saturated carbocycles. The maximum absolute atomic E-state index is 14.7. The normalized spacial score (nSPS) is 21.1. The number of carbonyl (C=O) groups excluding carboxylic acids is 2. The number of amides is 2. The lowest BCUT2D eigenvalue weighted by Crippen LogP contribution is -2.49. The molecule has 11 heteroatoms. The molecule has 37 heavy (non-hydrogen) atoms. The smallest absolute Gasteiger partial charge is 0.347 e. The van der Waals surface area contributed by atoms with Gasteiger partial charge in [-0.1, -0.05) is 19.1 Å². The maximum Gasteiger partial charge on any atom is 0.416 e. The van der Waals surface area contributed by atoms with Crippen LogP contribution in [0.2, 0.25) is 0 Å². The monoisotopic (exact) mass is 540 g/mol. The molecule has 200 valence electrons. The fourth-order valence-corrected chi connectivity index (χ4v) is 5.73. The summed E-state index contributed by atoms with van der Waals surface area (Å²) in [6, 6.07) is 5.94. The lowest BCUT2D eigenvalue weighted by Gasteiger charge is -2.30. The molecule has 2 aliphatic rings. The minimum atomic E-state index is -4.69. The molecule has 0 spiro atoms. The van der Waals surface area contributed by atoms with Crippen LogP contribution in [-0.2, 0) is 20.8 Å². The minimum absolute atomic E-state index is 0.0141. The first kappa shape index (κ1) is 27.1. The molecule has 3 atom stereocenters. The van der Waals surface area contributed by atoms with Crippen molar-refractivity contribution < 1.29 is 35.6 Å². The summed E-state index contributed by atoms with van der Waals surface area (Å²) in [6.45, 7) is 3.29. The summed E-state index contributed by atoms with van der Waals surface area (Å²) in [5.41, 5.74) is -0.998. The molecule has 1 N–H and O–H groups in total. The Hall–Kier alpha value is -2.95. The van der Waals surface area contributed by atoms with E-state index in [1.165, 1.54) is 36.1 Å². The highest BCUT2D eigenvalue weighted by Gasteiger charge is 2.42. The lowest BCUT2D eigenvalue weighted by atomic mass is 9.99. The van der Waals surface area contributed by atoms with E-state index < -0.39 is 51.3 Å². The number of benzene rings is 2. The van der Waals surface area contributed by atoms with Crippen molar-refractivity contribution in [2.75, 3.05) is 5.75 Å². The van der Waals surface area contributed by atoms with Gasteiger partial charge in [-0.15, -0.1) is 0 Å². The number of hydrogen-bond donors (Lipinski definition) is 1. The van der Waals surface area contributed by atoms with Crippen LogP contribution in [0.5, 0.6) is 0 Å². The van der Waals surface area contributed by atoms with Gasteiger partial charge in [-0.3, -0.25) is 9.59 Å². The molecule has 2 fully saturated rings. The highest BCUT2D eigenvalue weighted by atomic mass is 32.2. The van der Waals surface area contributed by atoms with Gasteiger partial charge in [0.2, 0.25) is 5.91 Å². The van der Waals surface area contributed by atoms with Gasteiger partial charge in [0.25, 0.3) is 5.91 Å². The summed E-state index contributed by atoms with van der Waals surface area (Å²) in [6.07, 6.45) is -2.44. The number of carbonyl (C=O) groups is 2. The standard InChI is InChI=1S/C26H28F4N2O4S/c1-3-37(35,36)19-6-4-5-17(13-19)25(34)32-15(2)7-12-22(32)24(33)31-23(16-8-9-16)20-11-10-18(14-21(20)27)26(28,29)30/h4-6,10-11,13-16,22-23H,3,7-9,12H2,1-2H3,(H,31,33)/t15-,22-,23-/m1/s1. The summed E-state index contributed by atoms with van der Waals surface area (Å²) in [7, 11) is -3.54. The number of likely N-dealkylation sites (tertiary alicyclic amines) is 1. The molecular weight excluding hydrogens is 512 g/mol. The van der Waals surface area contributed by atoms with Gasteiger partial charge < -0.3 is 10.2 Å². The first-order valence-electron chi connectivity index (χ1n) is 12.2. The molecule has 1 aliphatic heterocycles. The Kier molecular flexibility index (Phi) is 7.38. The maximum atomic E-state index is 14.7. The molecule has 2 amide bonds. The largest absolute Gasteiger partial charge is 0.416 e. The van der Waals surface area contributed by atoms with E-state index >= 15 is 0 Å². The van der Waals surface area contributed by atoms with Gasteiger partial charge in [0.05, 0.1) is 22.3 Å². The highest BCUT2D eigenvalue weighted by molar-refractivity contribution is 7.91. The molecule has 6 nitrogen and oxygen atoms in total. The van der Waals surface area contributed by atoms with Gasteiger partial charge in [-0.2, -0.15) is 13.2 Å². The first-order valence-corrected chi connectivity index (χ1v) is 13.8. The molecule has 2 aromatic rings. The predicted octanol–water partition coefficient (Wildman–Crippen LogP) is 4.90. The third kappa shape index (κ3) is 5.66. The van der Waals surface area contributed by atoms with Crippen LogP contribution in [-0.4, -0.2) is 43.0 Å². The quantitative estimate of drug-likeness (QED) is 0.507. The van der Waals surface area contributed by atoms with Crippen molar-refractivity contribution in [3.63, 3.8) is 0 Å². The van der Waals surface area contributed by atoms with Crippen molar-refractivity contribution in [2.45, 2.75) is 68.7 Å². The number of nitrogens with one attached hydrogen (secondary N) is 1. The molecule has 1 aliphatic carbocycles. The summed E-state index contributed by atoms with van der Waals surface area (Å²) in [4.78, 5) is 28.2. The van der Waals surface area contributed by atoms with Crippen molar-refractivity contribution in [1.82, 2.24) is 10.2 Å². The van der Waals surface area contributed by atoms with E-state index in [0.29, 0.717) is 31.7 Å². The van der Waals surface area contributed by atoms with Gasteiger partial charge in [0.1, 0.15) is 11.9 Å². The van der Waals surface area contributed by atoms with Gasteiger partial charge in [-0.25, -0.2) is 12.8 Å². The Bertz CT molecular complexity index is 1310. The molecular formula is C26H28F4N2O4S. The molecule has 0 unspecified atom stereocenters. The van der Waals surface area contributed by atoms with Crippen LogP contribution < -0.4 is 5.32 Å². The fraction of sp³-hybridized carbons (Fsp3) is 0.462. The Morgan fingerprint density at radius 3 is 2.38 bits per heavy atom. The molecule has 4 rings (SSSR count). The average Bonchev–Trinajstić information content (AvgIpc) is 3.62. The van der Waals surface area contributed by atoms with Crippen molar-refractivity contribution in [3.05, 3.63) is 65.0 Å². The van der Waals surface area contributed by atoms with Gasteiger partial charge >= 0.3 is 6.18 Å². The number of alkyl halides is 3. The zero-order valence-electron chi connectivity index (χ0n) is 20.4. The van der Waals surface area contributed by atoms with E-state index in [2.05, 4.69) is 5.32 Å². The van der Waals surface area contributed by atoms with E-state index in [4.69, 9.17) is 0 Å². The molecule has 1 saturated heterocycles. The molecule has 0 radical (unpaired) electrons. The summed E-state index contributed by atoms with van der Waals surface area (Å²) < 4.78 is 78.2. The summed E-state index contributed by atoms with van der Waals surface area (Å²) in [5, 5.41) is 2.79. The zero-order chi connectivity index (χ0) is 27.1. The third-order valence-corrected chi connectivity index (χ3v) is 8.81. The minimum Gasteiger partial charge on any atom is -0.347 e. The molecule has 1 heterocycles. The lowest BCUT2D eigenvalue weighted by molar-refractivity contribution is -0.137. The van der Waals surface area contributed by atoms with Gasteiger partial charge in [0, 0.05) is 17.2 Å². The number of halogens is 4. The predicted molar refractivity (Wildman–Crippen MR) is 128 cm³/mol. The second kappa shape index (κ2) is 10.1. The molecule has 0 bridgehead atoms. The van der Waals surface area contributed by atoms with Crippen LogP contribution in [0.3, 0.4) is 0 Å². The van der Waals surface area contributed by atoms with Crippen LogP contribution in [0.4, 0.5) is 17.6 Å². The molecule has 2 aromatic carbocycles. The van der Waals surface area contributed by atoms with Crippen molar-refractivity contribution in [2.24, 2.45) is 5.92 Å². The second-order valence-corrected chi connectivity index (χ2v) is 11.9. The van der Waals surface area contributed by atoms with Crippen LogP contribution >= 0.6 is 0 Å². The van der Waals surface area contributed by atoms with Crippen molar-refractivity contribution in [1.29, 1.82) is 0 Å². The summed E-state index contributed by atoms with van der Waals surface area (Å²) >= 11 is 0. The van der Waals surface area contributed by atoms with E-state index in [0.717, 1.165) is 12.1 Å². The van der Waals surface area contributed by atoms with Crippen molar-refractivity contribution >= 4 is 21.7 Å². The Balaban J connectivity index is 1.57. The number of sulfone groups is 1. The van der Waals surface area contributed by atoms with E-state index in [9.17, 15) is 35.6 Å². The SMILES string of the molecule is CCS(=O)(=O)c1cccc(C(=O)N2[C@H](C)CC[C@@H]2C(=O)N[C@@H](c2ccc(C(F)(F)F)cc2F)C2CC2)c1. The first-order chi connectivity index (χ1) is 17.3. The average molecular weight is 541 g/mol. The van der Waals surface area contributed by atoms with Gasteiger partial charge in [-0.05, 0) is 68.9 Å². The Morgan fingerprint density at radius 2 is 1.78 bits per heavy atom. The highest BCUT2D eigenvalue weighted by Crippen LogP contribution is 2.43. The fourth-order valence-electron chi connectivity index (χ4n) is 4.81. The topological polar surface area (TPSA) is 83.6 Å². The van der Waals surface area contributed by atoms with Crippen LogP contribution in [0.25, 0.3) is 0 Å². The van der Waals surface area contributed by atoms with E-state index in [-0.39, 0.29) is 33.7 Å². The van der Waals surface area contributed by atoms with E-state index in [1.807, 2.05) is 0 Å². The van der Waals surface area contributed by atoms with Crippen molar-refractivity contribution in [3.8, 4) is 0 Å². The zero-order valence-corrected chi connectivity index (χ0v) is 21.2. The van der Waals surface area contributed by atoms with Crippen LogP contribution in [0.15, 0.2) is 47.4 Å². The number of hydrogen-bond acceptors (Lipinski definition) is 4. The second-order valence-electron chi connectivity index (χ2n) is 9.64. The Labute approximate surface area is 213 Å². The van der Waals surface area contributed by atoms with Gasteiger partial charge in [0.15, 0.2) is 9.84 Å². The Morgan fingerprint density at radius 1 is 1.08 bits per heavy atom. The van der Waals surface area contributed by atoms with Crippen LogP contribution in [0.1, 0.15) is 67.1 Å². The summed E-state index contributed by atoms with van der Waals surface area (Å²) in [5.74, 6) is -2.31. The molecule has 0 aromatic heterocycles. The third-order valence-electron chi connectivity index (χ3n) is 7.08. The van der Waals surface area contributed by atoms with E-state index in [1.54, 1.807) is 6.92 Å². The number of rotatable bonds is 7. The van der Waals surface area contributed by atoms with Crippen LogP contribution in [0, 0.1) is 11.7 Å².